The number of aromatic nitrogens is 2. The van der Waals surface area contributed by atoms with Gasteiger partial charge < -0.3 is 15.0 Å². The lowest BCUT2D eigenvalue weighted by atomic mass is 10.2. The molecule has 6 nitrogen and oxygen atoms in total. The van der Waals surface area contributed by atoms with E-state index in [1.54, 1.807) is 0 Å². The molecular weight excluding hydrogens is 410 g/mol. The first kappa shape index (κ1) is 21.4. The summed E-state index contributed by atoms with van der Waals surface area (Å²) in [5.41, 5.74) is 2.91. The Labute approximate surface area is 188 Å². The molecule has 1 aliphatic rings. The molecule has 162 valence electrons. The number of ether oxygens (including phenoxy) is 1. The molecule has 2 heterocycles. The lowest BCUT2D eigenvalue weighted by molar-refractivity contribution is 0.238. The second kappa shape index (κ2) is 9.98. The minimum absolute atomic E-state index is 0.545. The molecule has 0 aliphatic carbocycles. The molecule has 7 heteroatoms. The van der Waals surface area contributed by atoms with Crippen molar-refractivity contribution in [1.29, 1.82) is 0 Å². The Hall–Kier alpha value is -2.83. The lowest BCUT2D eigenvalue weighted by Gasteiger charge is -2.21. The van der Waals surface area contributed by atoms with Crippen molar-refractivity contribution in [1.82, 2.24) is 14.9 Å². The quantitative estimate of drug-likeness (QED) is 0.507. The van der Waals surface area contributed by atoms with Gasteiger partial charge in [0.25, 0.3) is 0 Å². The predicted octanol–water partition coefficient (Wildman–Crippen LogP) is 5.42. The van der Waals surface area contributed by atoms with Gasteiger partial charge in [-0.3, -0.25) is 4.90 Å². The third kappa shape index (κ3) is 5.66. The number of rotatable bonds is 8. The maximum absolute atomic E-state index is 6.01. The van der Waals surface area contributed by atoms with Gasteiger partial charge in [-0.15, -0.1) is 0 Å². The molecule has 1 saturated heterocycles. The van der Waals surface area contributed by atoms with E-state index < -0.39 is 0 Å². The zero-order valence-electron chi connectivity index (χ0n) is 18.0. The molecule has 0 unspecified atom stereocenters. The van der Waals surface area contributed by atoms with Gasteiger partial charge in [0.05, 0.1) is 0 Å². The highest BCUT2D eigenvalue weighted by Gasteiger charge is 2.12. The number of likely N-dealkylation sites (tertiary alicyclic amines) is 1. The van der Waals surface area contributed by atoms with Gasteiger partial charge in [-0.05, 0) is 81.4 Å². The molecular formula is C24H28ClN5O. The summed E-state index contributed by atoms with van der Waals surface area (Å²) in [5, 5.41) is 3.99. The summed E-state index contributed by atoms with van der Waals surface area (Å²) in [4.78, 5) is 13.6. The van der Waals surface area contributed by atoms with Crippen LogP contribution >= 0.6 is 11.6 Å². The first-order valence-electron chi connectivity index (χ1n) is 10.6. The van der Waals surface area contributed by atoms with E-state index in [1.807, 2.05) is 73.6 Å². The van der Waals surface area contributed by atoms with Crippen LogP contribution in [0.2, 0.25) is 5.02 Å². The summed E-state index contributed by atoms with van der Waals surface area (Å²) in [6, 6.07) is 15.6. The highest BCUT2D eigenvalue weighted by molar-refractivity contribution is 6.30. The average molecular weight is 438 g/mol. The summed E-state index contributed by atoms with van der Waals surface area (Å²) in [6.07, 6.45) is 4.43. The average Bonchev–Trinajstić information content (AvgIpc) is 3.30. The number of aryl methyl sites for hydroxylation is 1. The van der Waals surface area contributed by atoms with Crippen LogP contribution in [0.4, 0.5) is 23.1 Å². The topological polar surface area (TPSA) is 53.5 Å². The Kier molecular flexibility index (Phi) is 6.89. The maximum atomic E-state index is 6.01. The molecule has 0 spiro atoms. The fraction of sp³-hybridized carbons (Fsp3) is 0.333. The van der Waals surface area contributed by atoms with Crippen molar-refractivity contribution >= 4 is 34.7 Å². The standard InChI is InChI=1S/C24H28ClN5O/c1-18-17-26-24(28-23(18)29(2)21-9-5-19(25)6-10-21)27-20-7-11-22(12-8-20)31-16-15-30-13-3-4-14-30/h5-12,17H,3-4,13-16H2,1-2H3,(H,26,27,28). The molecule has 2 aromatic carbocycles. The first-order chi connectivity index (χ1) is 15.1. The summed E-state index contributed by atoms with van der Waals surface area (Å²) in [7, 11) is 1.98. The van der Waals surface area contributed by atoms with Gasteiger partial charge in [-0.25, -0.2) is 4.98 Å². The van der Waals surface area contributed by atoms with E-state index in [-0.39, 0.29) is 0 Å². The number of anilines is 4. The van der Waals surface area contributed by atoms with E-state index in [0.717, 1.165) is 35.1 Å². The molecule has 1 aromatic heterocycles. The predicted molar refractivity (Wildman–Crippen MR) is 127 cm³/mol. The zero-order valence-corrected chi connectivity index (χ0v) is 18.8. The zero-order chi connectivity index (χ0) is 21.6. The smallest absolute Gasteiger partial charge is 0.229 e. The molecule has 4 rings (SSSR count). The highest BCUT2D eigenvalue weighted by atomic mass is 35.5. The summed E-state index contributed by atoms with van der Waals surface area (Å²) >= 11 is 6.01. The minimum atomic E-state index is 0.545. The van der Waals surface area contributed by atoms with Crippen LogP contribution in [0.3, 0.4) is 0 Å². The van der Waals surface area contributed by atoms with Gasteiger partial charge in [0.15, 0.2) is 0 Å². The van der Waals surface area contributed by atoms with Crippen LogP contribution in [0.1, 0.15) is 18.4 Å². The Morgan fingerprint density at radius 1 is 1.06 bits per heavy atom. The van der Waals surface area contributed by atoms with Crippen LogP contribution in [-0.2, 0) is 0 Å². The van der Waals surface area contributed by atoms with Crippen LogP contribution < -0.4 is 15.0 Å². The van der Waals surface area contributed by atoms with Crippen molar-refractivity contribution in [3.05, 3.63) is 65.3 Å². The number of nitrogens with one attached hydrogen (secondary N) is 1. The van der Waals surface area contributed by atoms with Crippen LogP contribution in [0, 0.1) is 6.92 Å². The first-order valence-corrected chi connectivity index (χ1v) is 11.0. The number of hydrogen-bond donors (Lipinski definition) is 1. The molecule has 1 N–H and O–H groups in total. The molecule has 1 aliphatic heterocycles. The van der Waals surface area contributed by atoms with Gasteiger partial charge in [-0.1, -0.05) is 11.6 Å². The number of nitrogens with zero attached hydrogens (tertiary/aromatic N) is 4. The van der Waals surface area contributed by atoms with Gasteiger partial charge >= 0.3 is 0 Å². The fourth-order valence-corrected chi connectivity index (χ4v) is 3.81. The molecule has 0 radical (unpaired) electrons. The molecule has 3 aromatic rings. The van der Waals surface area contributed by atoms with E-state index >= 15 is 0 Å². The van der Waals surface area contributed by atoms with E-state index in [0.29, 0.717) is 17.6 Å². The molecule has 0 amide bonds. The lowest BCUT2D eigenvalue weighted by Crippen LogP contribution is -2.25. The largest absolute Gasteiger partial charge is 0.492 e. The maximum Gasteiger partial charge on any atom is 0.229 e. The molecule has 31 heavy (non-hydrogen) atoms. The van der Waals surface area contributed by atoms with Gasteiger partial charge in [0, 0.05) is 41.8 Å². The van der Waals surface area contributed by atoms with E-state index in [9.17, 15) is 0 Å². The monoisotopic (exact) mass is 437 g/mol. The normalized spacial score (nSPS) is 13.9. The molecule has 0 saturated carbocycles. The van der Waals surface area contributed by atoms with Crippen molar-refractivity contribution in [2.45, 2.75) is 19.8 Å². The van der Waals surface area contributed by atoms with Crippen molar-refractivity contribution in [2.24, 2.45) is 0 Å². The van der Waals surface area contributed by atoms with E-state index in [1.165, 1.54) is 25.9 Å². The Balaban J connectivity index is 1.38. The minimum Gasteiger partial charge on any atom is -0.492 e. The van der Waals surface area contributed by atoms with Gasteiger partial charge in [-0.2, -0.15) is 4.98 Å². The molecule has 1 fully saturated rings. The van der Waals surface area contributed by atoms with Crippen molar-refractivity contribution < 1.29 is 4.74 Å². The van der Waals surface area contributed by atoms with Gasteiger partial charge in [0.2, 0.25) is 5.95 Å². The number of halogens is 1. The van der Waals surface area contributed by atoms with Crippen molar-refractivity contribution in [3.8, 4) is 5.75 Å². The summed E-state index contributed by atoms with van der Waals surface area (Å²) in [5.74, 6) is 2.25. The SMILES string of the molecule is Cc1cnc(Nc2ccc(OCCN3CCCC3)cc2)nc1N(C)c1ccc(Cl)cc1. The fourth-order valence-electron chi connectivity index (χ4n) is 3.68. The second-order valence-corrected chi connectivity index (χ2v) is 8.22. The Morgan fingerprint density at radius 2 is 1.77 bits per heavy atom. The number of benzene rings is 2. The third-order valence-electron chi connectivity index (χ3n) is 5.46. The van der Waals surface area contributed by atoms with Crippen molar-refractivity contribution in [3.63, 3.8) is 0 Å². The number of hydrogen-bond acceptors (Lipinski definition) is 6. The Morgan fingerprint density at radius 3 is 2.48 bits per heavy atom. The summed E-state index contributed by atoms with van der Waals surface area (Å²) < 4.78 is 5.88. The van der Waals surface area contributed by atoms with Crippen molar-refractivity contribution in [2.75, 3.05) is 43.5 Å². The third-order valence-corrected chi connectivity index (χ3v) is 5.71. The van der Waals surface area contributed by atoms with E-state index in [4.69, 9.17) is 21.3 Å². The van der Waals surface area contributed by atoms with Crippen LogP contribution in [0.25, 0.3) is 0 Å². The van der Waals surface area contributed by atoms with Crippen LogP contribution in [-0.4, -0.2) is 48.2 Å². The highest BCUT2D eigenvalue weighted by Crippen LogP contribution is 2.27. The van der Waals surface area contributed by atoms with Gasteiger partial charge in [0.1, 0.15) is 18.2 Å². The summed E-state index contributed by atoms with van der Waals surface area (Å²) in [6.45, 7) is 6.09. The Bertz CT molecular complexity index is 988. The van der Waals surface area contributed by atoms with Crippen LogP contribution in [0.5, 0.6) is 5.75 Å². The second-order valence-electron chi connectivity index (χ2n) is 7.78. The molecule has 0 atom stereocenters. The molecule has 0 bridgehead atoms. The van der Waals surface area contributed by atoms with Crippen LogP contribution in [0.15, 0.2) is 54.7 Å². The van der Waals surface area contributed by atoms with E-state index in [2.05, 4.69) is 15.2 Å².